The van der Waals surface area contributed by atoms with Crippen LogP contribution in [0.3, 0.4) is 0 Å². The van der Waals surface area contributed by atoms with Gasteiger partial charge in [-0.05, 0) is 42.7 Å². The summed E-state index contributed by atoms with van der Waals surface area (Å²) in [6.07, 6.45) is 3.78. The second-order valence-electron chi connectivity index (χ2n) is 4.63. The maximum absolute atomic E-state index is 12.4. The molecule has 0 radical (unpaired) electrons. The summed E-state index contributed by atoms with van der Waals surface area (Å²) in [4.78, 5) is 13.5. The summed E-state index contributed by atoms with van der Waals surface area (Å²) in [7, 11) is 1.59. The number of thiophene rings is 1. The maximum Gasteiger partial charge on any atom is 0.196 e. The van der Waals surface area contributed by atoms with E-state index in [4.69, 9.17) is 9.15 Å². The third-order valence-corrected chi connectivity index (χ3v) is 4.14. The molecule has 106 valence electrons. The monoisotopic (exact) mass is 298 g/mol. The van der Waals surface area contributed by atoms with Gasteiger partial charge in [0.05, 0.1) is 12.5 Å². The van der Waals surface area contributed by atoms with Gasteiger partial charge in [-0.3, -0.25) is 4.79 Å². The van der Waals surface area contributed by atoms with E-state index in [0.717, 1.165) is 4.88 Å². The van der Waals surface area contributed by atoms with E-state index in [-0.39, 0.29) is 5.43 Å². The molecule has 0 amide bonds. The van der Waals surface area contributed by atoms with Crippen LogP contribution in [0.25, 0.3) is 23.1 Å². The molecule has 0 bridgehead atoms. The summed E-state index contributed by atoms with van der Waals surface area (Å²) in [6.45, 7) is 1.78. The summed E-state index contributed by atoms with van der Waals surface area (Å²) in [5, 5.41) is 2.58. The molecule has 4 heteroatoms. The normalized spacial score (nSPS) is 11.3. The van der Waals surface area contributed by atoms with Gasteiger partial charge in [0.2, 0.25) is 0 Å². The Labute approximate surface area is 126 Å². The van der Waals surface area contributed by atoms with Crippen molar-refractivity contribution in [2.45, 2.75) is 6.92 Å². The molecule has 21 heavy (non-hydrogen) atoms. The van der Waals surface area contributed by atoms with Crippen molar-refractivity contribution in [3.05, 3.63) is 62.1 Å². The Morgan fingerprint density at radius 1 is 1.24 bits per heavy atom. The highest BCUT2D eigenvalue weighted by Gasteiger charge is 2.09. The molecule has 0 spiro atoms. The van der Waals surface area contributed by atoms with Crippen LogP contribution >= 0.6 is 11.3 Å². The van der Waals surface area contributed by atoms with E-state index in [0.29, 0.717) is 28.0 Å². The molecule has 1 aromatic carbocycles. The first-order chi connectivity index (χ1) is 10.2. The summed E-state index contributed by atoms with van der Waals surface area (Å²) in [5.41, 5.74) is 1.14. The first kappa shape index (κ1) is 13.6. The van der Waals surface area contributed by atoms with Crippen molar-refractivity contribution >= 4 is 34.5 Å². The van der Waals surface area contributed by atoms with Crippen molar-refractivity contribution in [3.8, 4) is 5.75 Å². The first-order valence-corrected chi connectivity index (χ1v) is 7.40. The zero-order valence-electron chi connectivity index (χ0n) is 11.8. The zero-order chi connectivity index (χ0) is 14.8. The van der Waals surface area contributed by atoms with Crippen molar-refractivity contribution in [1.29, 1.82) is 0 Å². The van der Waals surface area contributed by atoms with Crippen LogP contribution in [0, 0.1) is 6.92 Å². The topological polar surface area (TPSA) is 39.4 Å². The van der Waals surface area contributed by atoms with Gasteiger partial charge in [0, 0.05) is 16.5 Å². The molecule has 0 atom stereocenters. The molecule has 3 nitrogen and oxygen atoms in total. The number of hydrogen-bond acceptors (Lipinski definition) is 4. The van der Waals surface area contributed by atoms with E-state index in [1.807, 2.05) is 29.7 Å². The number of benzene rings is 1. The molecule has 0 aliphatic carbocycles. The molecule has 3 rings (SSSR count). The van der Waals surface area contributed by atoms with Gasteiger partial charge in [0.15, 0.2) is 5.43 Å². The SMILES string of the molecule is COc1ccc2c(=O)c(C)c(/C=C/c3cccs3)oc2c1. The molecule has 2 heterocycles. The van der Waals surface area contributed by atoms with E-state index in [1.165, 1.54) is 0 Å². The third kappa shape index (κ3) is 2.62. The van der Waals surface area contributed by atoms with Gasteiger partial charge in [0.1, 0.15) is 17.1 Å². The van der Waals surface area contributed by atoms with Crippen LogP contribution in [-0.2, 0) is 0 Å². The minimum Gasteiger partial charge on any atom is -0.497 e. The second kappa shape index (κ2) is 5.58. The Morgan fingerprint density at radius 3 is 2.81 bits per heavy atom. The van der Waals surface area contributed by atoms with Crippen molar-refractivity contribution < 1.29 is 9.15 Å². The lowest BCUT2D eigenvalue weighted by Crippen LogP contribution is -2.07. The molecular weight excluding hydrogens is 284 g/mol. The quantitative estimate of drug-likeness (QED) is 0.722. The van der Waals surface area contributed by atoms with Gasteiger partial charge in [-0.25, -0.2) is 0 Å². The molecule has 0 fully saturated rings. The van der Waals surface area contributed by atoms with Crippen LogP contribution < -0.4 is 10.2 Å². The number of methoxy groups -OCH3 is 1. The number of ether oxygens (including phenoxy) is 1. The van der Waals surface area contributed by atoms with Gasteiger partial charge in [-0.1, -0.05) is 6.07 Å². The van der Waals surface area contributed by atoms with Gasteiger partial charge in [-0.2, -0.15) is 0 Å². The minimum atomic E-state index is -0.00951. The van der Waals surface area contributed by atoms with Crippen molar-refractivity contribution in [2.75, 3.05) is 7.11 Å². The number of fused-ring (bicyclic) bond motifs is 1. The van der Waals surface area contributed by atoms with Crippen LogP contribution in [0.4, 0.5) is 0 Å². The highest BCUT2D eigenvalue weighted by molar-refractivity contribution is 7.10. The molecule has 0 aliphatic rings. The van der Waals surface area contributed by atoms with Gasteiger partial charge in [0.25, 0.3) is 0 Å². The Hall–Kier alpha value is -2.33. The fourth-order valence-electron chi connectivity index (χ4n) is 2.11. The Kier molecular flexibility index (Phi) is 3.62. The molecule has 0 unspecified atom stereocenters. The Bertz CT molecular complexity index is 858. The van der Waals surface area contributed by atoms with Crippen LogP contribution in [0.15, 0.2) is 44.9 Å². The lowest BCUT2D eigenvalue weighted by atomic mass is 10.1. The van der Waals surface area contributed by atoms with Crippen molar-refractivity contribution in [1.82, 2.24) is 0 Å². The standard InChI is InChI=1S/C17H14O3S/c1-11-15(8-6-13-4-3-9-21-13)20-16-10-12(19-2)5-7-14(16)17(11)18/h3-10H,1-2H3/b8-6+. The summed E-state index contributed by atoms with van der Waals surface area (Å²) in [5.74, 6) is 1.25. The van der Waals surface area contributed by atoms with E-state index in [9.17, 15) is 4.79 Å². The average Bonchev–Trinajstić information content (AvgIpc) is 3.02. The van der Waals surface area contributed by atoms with Crippen LogP contribution in [0.5, 0.6) is 5.75 Å². The van der Waals surface area contributed by atoms with E-state index < -0.39 is 0 Å². The highest BCUT2D eigenvalue weighted by Crippen LogP contribution is 2.22. The van der Waals surface area contributed by atoms with Crippen molar-refractivity contribution in [3.63, 3.8) is 0 Å². The number of rotatable bonds is 3. The predicted octanol–water partition coefficient (Wildman–Crippen LogP) is 4.34. The zero-order valence-corrected chi connectivity index (χ0v) is 12.6. The van der Waals surface area contributed by atoms with E-state index in [2.05, 4.69) is 0 Å². The number of hydrogen-bond donors (Lipinski definition) is 0. The Balaban J connectivity index is 2.14. The molecular formula is C17H14O3S. The smallest absolute Gasteiger partial charge is 0.196 e. The largest absolute Gasteiger partial charge is 0.497 e. The summed E-state index contributed by atoms with van der Waals surface area (Å²) < 4.78 is 11.0. The fraction of sp³-hybridized carbons (Fsp3) is 0.118. The average molecular weight is 298 g/mol. The molecule has 0 N–H and O–H groups in total. The second-order valence-corrected chi connectivity index (χ2v) is 5.61. The lowest BCUT2D eigenvalue weighted by Gasteiger charge is -2.05. The van der Waals surface area contributed by atoms with Crippen molar-refractivity contribution in [2.24, 2.45) is 0 Å². The molecule has 3 aromatic rings. The Morgan fingerprint density at radius 2 is 2.10 bits per heavy atom. The summed E-state index contributed by atoms with van der Waals surface area (Å²) >= 11 is 1.64. The molecule has 2 aromatic heterocycles. The predicted molar refractivity (Wildman–Crippen MR) is 87.0 cm³/mol. The third-order valence-electron chi connectivity index (χ3n) is 3.31. The van der Waals surface area contributed by atoms with Gasteiger partial charge < -0.3 is 9.15 Å². The minimum absolute atomic E-state index is 0.00951. The lowest BCUT2D eigenvalue weighted by molar-refractivity contribution is 0.414. The highest BCUT2D eigenvalue weighted by atomic mass is 32.1. The van der Waals surface area contributed by atoms with Gasteiger partial charge >= 0.3 is 0 Å². The molecule has 0 aliphatic heterocycles. The summed E-state index contributed by atoms with van der Waals surface area (Å²) in [6, 6.07) is 9.23. The maximum atomic E-state index is 12.4. The van der Waals surface area contributed by atoms with Crippen LogP contribution in [0.1, 0.15) is 16.2 Å². The molecule has 0 saturated heterocycles. The fourth-order valence-corrected chi connectivity index (χ4v) is 2.73. The molecule has 0 saturated carbocycles. The van der Waals surface area contributed by atoms with Crippen LogP contribution in [-0.4, -0.2) is 7.11 Å². The van der Waals surface area contributed by atoms with E-state index in [1.54, 1.807) is 43.6 Å². The van der Waals surface area contributed by atoms with E-state index >= 15 is 0 Å². The van der Waals surface area contributed by atoms with Gasteiger partial charge in [-0.15, -0.1) is 11.3 Å². The first-order valence-electron chi connectivity index (χ1n) is 6.52. The van der Waals surface area contributed by atoms with Crippen LogP contribution in [0.2, 0.25) is 0 Å².